The second kappa shape index (κ2) is 5.90. The Bertz CT molecular complexity index is 362. The zero-order valence-corrected chi connectivity index (χ0v) is 9.40. The van der Waals surface area contributed by atoms with Crippen molar-refractivity contribution in [3.63, 3.8) is 0 Å². The molecule has 0 radical (unpaired) electrons. The molecule has 0 fully saturated rings. The number of benzene rings is 1. The highest BCUT2D eigenvalue weighted by Gasteiger charge is 2.12. The molecule has 0 saturated carbocycles. The second-order valence-corrected chi connectivity index (χ2v) is 3.52. The summed E-state index contributed by atoms with van der Waals surface area (Å²) in [5.74, 6) is -0.516. The van der Waals surface area contributed by atoms with Crippen molar-refractivity contribution in [2.45, 2.75) is 19.4 Å². The molecule has 1 rings (SSSR count). The topological polar surface area (TPSA) is 55.4 Å². The lowest BCUT2D eigenvalue weighted by Crippen LogP contribution is -2.34. The van der Waals surface area contributed by atoms with E-state index in [4.69, 9.17) is 0 Å². The number of methoxy groups -OCH3 is 1. The lowest BCUT2D eigenvalue weighted by molar-refractivity contribution is -0.141. The van der Waals surface area contributed by atoms with Crippen LogP contribution >= 0.6 is 0 Å². The van der Waals surface area contributed by atoms with Crippen molar-refractivity contribution >= 4 is 11.9 Å². The molecule has 1 N–H and O–H groups in total. The van der Waals surface area contributed by atoms with Crippen LogP contribution in [-0.4, -0.2) is 25.0 Å². The number of carbonyl (C=O) groups is 2. The van der Waals surface area contributed by atoms with Gasteiger partial charge in [-0.2, -0.15) is 0 Å². The maximum Gasteiger partial charge on any atom is 0.307 e. The predicted molar refractivity (Wildman–Crippen MR) is 60.0 cm³/mol. The van der Waals surface area contributed by atoms with Crippen molar-refractivity contribution in [2.75, 3.05) is 7.11 Å². The fourth-order valence-electron chi connectivity index (χ4n) is 1.28. The van der Waals surface area contributed by atoms with E-state index in [1.807, 2.05) is 6.07 Å². The van der Waals surface area contributed by atoms with Gasteiger partial charge < -0.3 is 10.1 Å². The minimum Gasteiger partial charge on any atom is -0.469 e. The van der Waals surface area contributed by atoms with Crippen LogP contribution in [0.5, 0.6) is 0 Å². The third-order valence-electron chi connectivity index (χ3n) is 2.11. The summed E-state index contributed by atoms with van der Waals surface area (Å²) in [6.45, 7) is 1.76. The molecule has 0 aliphatic rings. The molecular formula is C12H15NO3. The molecule has 0 spiro atoms. The van der Waals surface area contributed by atoms with Gasteiger partial charge in [0, 0.05) is 11.6 Å². The van der Waals surface area contributed by atoms with E-state index in [1.54, 1.807) is 31.2 Å². The molecule has 0 bridgehead atoms. The van der Waals surface area contributed by atoms with Crippen LogP contribution < -0.4 is 5.32 Å². The number of esters is 1. The largest absolute Gasteiger partial charge is 0.469 e. The van der Waals surface area contributed by atoms with Gasteiger partial charge >= 0.3 is 5.97 Å². The van der Waals surface area contributed by atoms with E-state index in [9.17, 15) is 9.59 Å². The van der Waals surface area contributed by atoms with Gasteiger partial charge in [0.15, 0.2) is 0 Å². The number of carbonyl (C=O) groups excluding carboxylic acids is 2. The molecule has 0 aliphatic carbocycles. The first-order valence-corrected chi connectivity index (χ1v) is 5.06. The van der Waals surface area contributed by atoms with E-state index < -0.39 is 0 Å². The summed E-state index contributed by atoms with van der Waals surface area (Å²) < 4.78 is 4.52. The maximum atomic E-state index is 11.7. The second-order valence-electron chi connectivity index (χ2n) is 3.52. The number of ether oxygens (including phenoxy) is 1. The Hall–Kier alpha value is -1.84. The van der Waals surface area contributed by atoms with Gasteiger partial charge in [0.1, 0.15) is 0 Å². The van der Waals surface area contributed by atoms with Gasteiger partial charge in [-0.25, -0.2) is 0 Å². The summed E-state index contributed by atoms with van der Waals surface area (Å²) in [4.78, 5) is 22.6. The lowest BCUT2D eigenvalue weighted by atomic mass is 10.2. The van der Waals surface area contributed by atoms with E-state index in [1.165, 1.54) is 7.11 Å². The minimum atomic E-state index is -0.333. The predicted octanol–water partition coefficient (Wildman–Crippen LogP) is 1.37. The molecule has 4 heteroatoms. The summed E-state index contributed by atoms with van der Waals surface area (Å²) in [6, 6.07) is 8.63. The zero-order chi connectivity index (χ0) is 12.0. The summed E-state index contributed by atoms with van der Waals surface area (Å²) in [6.07, 6.45) is 0.176. The van der Waals surface area contributed by atoms with Gasteiger partial charge in [-0.15, -0.1) is 0 Å². The Kier molecular flexibility index (Phi) is 4.51. The first kappa shape index (κ1) is 12.2. The van der Waals surface area contributed by atoms with Crippen molar-refractivity contribution in [2.24, 2.45) is 0 Å². The number of rotatable bonds is 4. The quantitative estimate of drug-likeness (QED) is 0.781. The van der Waals surface area contributed by atoms with Crippen molar-refractivity contribution in [3.8, 4) is 0 Å². The molecule has 1 aromatic carbocycles. The number of hydrogen-bond donors (Lipinski definition) is 1. The molecule has 4 nitrogen and oxygen atoms in total. The number of amides is 1. The monoisotopic (exact) mass is 221 g/mol. The molecule has 0 saturated heterocycles. The van der Waals surface area contributed by atoms with Gasteiger partial charge in [-0.3, -0.25) is 9.59 Å². The van der Waals surface area contributed by atoms with Crippen molar-refractivity contribution in [3.05, 3.63) is 35.9 Å². The Morgan fingerprint density at radius 1 is 1.31 bits per heavy atom. The SMILES string of the molecule is COC(=O)C[C@H](C)NC(=O)c1ccccc1. The average molecular weight is 221 g/mol. The van der Waals surface area contributed by atoms with Crippen LogP contribution in [0.25, 0.3) is 0 Å². The molecular weight excluding hydrogens is 206 g/mol. The minimum absolute atomic E-state index is 0.176. The van der Waals surface area contributed by atoms with Crippen LogP contribution in [0.3, 0.4) is 0 Å². The van der Waals surface area contributed by atoms with Crippen LogP contribution in [0.1, 0.15) is 23.7 Å². The first-order valence-electron chi connectivity index (χ1n) is 5.06. The van der Waals surface area contributed by atoms with E-state index in [2.05, 4.69) is 10.1 Å². The number of hydrogen-bond acceptors (Lipinski definition) is 3. The van der Waals surface area contributed by atoms with Crippen molar-refractivity contribution in [1.29, 1.82) is 0 Å². The highest BCUT2D eigenvalue weighted by Crippen LogP contribution is 2.00. The fraction of sp³-hybridized carbons (Fsp3) is 0.333. The van der Waals surface area contributed by atoms with E-state index in [-0.39, 0.29) is 24.3 Å². The standard InChI is InChI=1S/C12H15NO3/c1-9(8-11(14)16-2)13-12(15)10-6-4-3-5-7-10/h3-7,9H,8H2,1-2H3,(H,13,15)/t9-/m0/s1. The van der Waals surface area contributed by atoms with Crippen LogP contribution in [-0.2, 0) is 9.53 Å². The lowest BCUT2D eigenvalue weighted by Gasteiger charge is -2.12. The molecule has 0 aliphatic heterocycles. The zero-order valence-electron chi connectivity index (χ0n) is 9.40. The van der Waals surface area contributed by atoms with Crippen molar-refractivity contribution in [1.82, 2.24) is 5.32 Å². The van der Waals surface area contributed by atoms with Gasteiger partial charge in [0.05, 0.1) is 13.5 Å². The highest BCUT2D eigenvalue weighted by atomic mass is 16.5. The van der Waals surface area contributed by atoms with E-state index >= 15 is 0 Å². The van der Waals surface area contributed by atoms with Crippen LogP contribution in [0, 0.1) is 0 Å². The highest BCUT2D eigenvalue weighted by molar-refractivity contribution is 5.94. The molecule has 0 heterocycles. The molecule has 0 unspecified atom stereocenters. The fourth-order valence-corrected chi connectivity index (χ4v) is 1.28. The Morgan fingerprint density at radius 2 is 1.94 bits per heavy atom. The molecule has 0 aromatic heterocycles. The molecule has 1 atom stereocenters. The number of nitrogens with one attached hydrogen (secondary N) is 1. The van der Waals surface area contributed by atoms with Crippen LogP contribution in [0.4, 0.5) is 0 Å². The van der Waals surface area contributed by atoms with E-state index in [0.717, 1.165) is 0 Å². The summed E-state index contributed by atoms with van der Waals surface area (Å²) in [5.41, 5.74) is 0.583. The van der Waals surface area contributed by atoms with Crippen LogP contribution in [0.2, 0.25) is 0 Å². The molecule has 1 aromatic rings. The van der Waals surface area contributed by atoms with Gasteiger partial charge in [-0.1, -0.05) is 18.2 Å². The van der Waals surface area contributed by atoms with Gasteiger partial charge in [0.2, 0.25) is 0 Å². The third-order valence-corrected chi connectivity index (χ3v) is 2.11. The third kappa shape index (κ3) is 3.73. The molecule has 86 valence electrons. The Morgan fingerprint density at radius 3 is 2.50 bits per heavy atom. The summed E-state index contributed by atoms with van der Waals surface area (Å²) >= 11 is 0. The summed E-state index contributed by atoms with van der Waals surface area (Å²) in [7, 11) is 1.33. The smallest absolute Gasteiger partial charge is 0.307 e. The Labute approximate surface area is 94.6 Å². The van der Waals surface area contributed by atoms with Gasteiger partial charge in [0.25, 0.3) is 5.91 Å². The van der Waals surface area contributed by atoms with Crippen molar-refractivity contribution < 1.29 is 14.3 Å². The van der Waals surface area contributed by atoms with Gasteiger partial charge in [-0.05, 0) is 19.1 Å². The molecule has 16 heavy (non-hydrogen) atoms. The summed E-state index contributed by atoms with van der Waals surface area (Å²) in [5, 5.41) is 2.72. The first-order chi connectivity index (χ1) is 7.63. The van der Waals surface area contributed by atoms with Crippen LogP contribution in [0.15, 0.2) is 30.3 Å². The Balaban J connectivity index is 2.49. The average Bonchev–Trinajstić information content (AvgIpc) is 2.29. The normalized spacial score (nSPS) is 11.6. The van der Waals surface area contributed by atoms with E-state index in [0.29, 0.717) is 5.56 Å². The molecule has 1 amide bonds. The maximum absolute atomic E-state index is 11.7.